The second-order valence-electron chi connectivity index (χ2n) is 4.30. The van der Waals surface area contributed by atoms with Gasteiger partial charge in [0, 0.05) is 20.8 Å². The Hall–Kier alpha value is -1.44. The van der Waals surface area contributed by atoms with Gasteiger partial charge >= 0.3 is 0 Å². The fraction of sp³-hybridized carbons (Fsp3) is 0.143. The van der Waals surface area contributed by atoms with Gasteiger partial charge in [-0.1, -0.05) is 22.9 Å². The van der Waals surface area contributed by atoms with Crippen LogP contribution in [0.3, 0.4) is 0 Å². The molecule has 21 heavy (non-hydrogen) atoms. The van der Waals surface area contributed by atoms with Crippen molar-refractivity contribution in [3.05, 3.63) is 50.5 Å². The lowest BCUT2D eigenvalue weighted by atomic mass is 10.1. The highest BCUT2D eigenvalue weighted by atomic mass is 79.9. The maximum atomic E-state index is 12.4. The molecule has 110 valence electrons. The standard InChI is InChI=1S/C14H14Br2N4O/c1-2-8-5-9(15)3-4-12(8)19-14(21)11-6-10(16)7-18-13(11)20-17/h3-7H,2,17H2,1H3,(H,18,20)(H,19,21). The van der Waals surface area contributed by atoms with Gasteiger partial charge < -0.3 is 10.7 Å². The Kier molecular flexibility index (Phi) is 5.33. The van der Waals surface area contributed by atoms with Crippen molar-refractivity contribution in [1.29, 1.82) is 0 Å². The van der Waals surface area contributed by atoms with Crippen LogP contribution in [0.25, 0.3) is 0 Å². The van der Waals surface area contributed by atoms with E-state index in [0.717, 1.165) is 22.1 Å². The minimum atomic E-state index is -0.270. The second kappa shape index (κ2) is 7.02. The Balaban J connectivity index is 2.32. The summed E-state index contributed by atoms with van der Waals surface area (Å²) in [6, 6.07) is 7.40. The zero-order chi connectivity index (χ0) is 15.4. The molecule has 0 atom stereocenters. The van der Waals surface area contributed by atoms with Crippen molar-refractivity contribution in [3.63, 3.8) is 0 Å². The number of aryl methyl sites for hydroxylation is 1. The molecule has 1 amide bonds. The van der Waals surface area contributed by atoms with E-state index < -0.39 is 0 Å². The molecule has 4 N–H and O–H groups in total. The summed E-state index contributed by atoms with van der Waals surface area (Å²) in [5.74, 6) is 5.45. The molecule has 1 aromatic carbocycles. The number of hydrazine groups is 1. The van der Waals surface area contributed by atoms with Crippen molar-refractivity contribution in [2.24, 2.45) is 5.84 Å². The number of anilines is 2. The third-order valence-corrected chi connectivity index (χ3v) is 3.86. The predicted octanol–water partition coefficient (Wildman–Crippen LogP) is 3.71. The van der Waals surface area contributed by atoms with E-state index in [-0.39, 0.29) is 5.91 Å². The zero-order valence-corrected chi connectivity index (χ0v) is 14.5. The summed E-state index contributed by atoms with van der Waals surface area (Å²) >= 11 is 6.72. The molecule has 0 aliphatic carbocycles. The average Bonchev–Trinajstić information content (AvgIpc) is 2.48. The van der Waals surface area contributed by atoms with Gasteiger partial charge in [-0.2, -0.15) is 0 Å². The lowest BCUT2D eigenvalue weighted by Crippen LogP contribution is -2.19. The van der Waals surface area contributed by atoms with E-state index in [9.17, 15) is 4.79 Å². The molecular weight excluding hydrogens is 400 g/mol. The smallest absolute Gasteiger partial charge is 0.259 e. The molecule has 7 heteroatoms. The van der Waals surface area contributed by atoms with Gasteiger partial charge in [-0.05, 0) is 52.2 Å². The van der Waals surface area contributed by atoms with Gasteiger partial charge in [0.05, 0.1) is 5.56 Å². The molecule has 0 spiro atoms. The van der Waals surface area contributed by atoms with Crippen LogP contribution in [0.2, 0.25) is 0 Å². The highest BCUT2D eigenvalue weighted by Crippen LogP contribution is 2.24. The summed E-state index contributed by atoms with van der Waals surface area (Å²) in [5.41, 5.74) is 4.62. The lowest BCUT2D eigenvalue weighted by Gasteiger charge is -2.12. The van der Waals surface area contributed by atoms with E-state index in [1.165, 1.54) is 0 Å². The van der Waals surface area contributed by atoms with Crippen LogP contribution in [-0.4, -0.2) is 10.9 Å². The van der Waals surface area contributed by atoms with E-state index >= 15 is 0 Å². The van der Waals surface area contributed by atoms with Crippen molar-refractivity contribution >= 4 is 49.3 Å². The van der Waals surface area contributed by atoms with Gasteiger partial charge in [0.25, 0.3) is 5.91 Å². The number of nitrogen functional groups attached to an aromatic ring is 1. The van der Waals surface area contributed by atoms with Crippen molar-refractivity contribution < 1.29 is 4.79 Å². The number of benzene rings is 1. The Morgan fingerprint density at radius 3 is 2.71 bits per heavy atom. The Morgan fingerprint density at radius 2 is 2.05 bits per heavy atom. The molecule has 1 aromatic heterocycles. The van der Waals surface area contributed by atoms with Crippen LogP contribution in [0.15, 0.2) is 39.4 Å². The van der Waals surface area contributed by atoms with Crippen LogP contribution in [-0.2, 0) is 6.42 Å². The Labute approximate surface area is 139 Å². The number of nitrogens with zero attached hydrogens (tertiary/aromatic N) is 1. The summed E-state index contributed by atoms with van der Waals surface area (Å²) in [7, 11) is 0. The summed E-state index contributed by atoms with van der Waals surface area (Å²) in [6.45, 7) is 2.03. The largest absolute Gasteiger partial charge is 0.322 e. The summed E-state index contributed by atoms with van der Waals surface area (Å²) < 4.78 is 1.68. The normalized spacial score (nSPS) is 10.3. The number of carbonyl (C=O) groups excluding carboxylic acids is 1. The highest BCUT2D eigenvalue weighted by Gasteiger charge is 2.14. The Morgan fingerprint density at radius 1 is 1.29 bits per heavy atom. The zero-order valence-electron chi connectivity index (χ0n) is 11.3. The van der Waals surface area contributed by atoms with Crippen LogP contribution >= 0.6 is 31.9 Å². The van der Waals surface area contributed by atoms with E-state index in [0.29, 0.717) is 15.9 Å². The molecule has 5 nitrogen and oxygen atoms in total. The molecule has 0 aliphatic rings. The van der Waals surface area contributed by atoms with Gasteiger partial charge in [-0.15, -0.1) is 0 Å². The van der Waals surface area contributed by atoms with Gasteiger partial charge in [0.2, 0.25) is 0 Å². The summed E-state index contributed by atoms with van der Waals surface area (Å²) in [6.07, 6.45) is 2.39. The summed E-state index contributed by atoms with van der Waals surface area (Å²) in [4.78, 5) is 16.5. The van der Waals surface area contributed by atoms with Gasteiger partial charge in [-0.3, -0.25) is 4.79 Å². The number of carbonyl (C=O) groups is 1. The van der Waals surface area contributed by atoms with Crippen LogP contribution < -0.4 is 16.6 Å². The third kappa shape index (κ3) is 3.81. The molecule has 0 fully saturated rings. The molecule has 2 rings (SSSR count). The predicted molar refractivity (Wildman–Crippen MR) is 91.2 cm³/mol. The molecule has 0 saturated carbocycles. The van der Waals surface area contributed by atoms with Crippen LogP contribution in [0.4, 0.5) is 11.5 Å². The SMILES string of the molecule is CCc1cc(Br)ccc1NC(=O)c1cc(Br)cnc1NN. The first-order valence-corrected chi connectivity index (χ1v) is 7.85. The number of aromatic nitrogens is 1. The van der Waals surface area contributed by atoms with Crippen LogP contribution in [0, 0.1) is 0 Å². The molecule has 2 aromatic rings. The van der Waals surface area contributed by atoms with E-state index in [4.69, 9.17) is 5.84 Å². The monoisotopic (exact) mass is 412 g/mol. The fourth-order valence-electron chi connectivity index (χ4n) is 1.89. The molecule has 0 saturated heterocycles. The van der Waals surface area contributed by atoms with Gasteiger partial charge in [0.1, 0.15) is 0 Å². The number of rotatable bonds is 4. The van der Waals surface area contributed by atoms with Gasteiger partial charge in [0.15, 0.2) is 5.82 Å². The van der Waals surface area contributed by atoms with Crippen molar-refractivity contribution in [3.8, 4) is 0 Å². The van der Waals surface area contributed by atoms with Crippen LogP contribution in [0.1, 0.15) is 22.8 Å². The lowest BCUT2D eigenvalue weighted by molar-refractivity contribution is 0.102. The molecule has 0 unspecified atom stereocenters. The highest BCUT2D eigenvalue weighted by molar-refractivity contribution is 9.10. The molecule has 0 aliphatic heterocycles. The quantitative estimate of drug-likeness (QED) is 0.527. The minimum Gasteiger partial charge on any atom is -0.322 e. The number of nitrogens with one attached hydrogen (secondary N) is 2. The number of nitrogens with two attached hydrogens (primary N) is 1. The van der Waals surface area contributed by atoms with Crippen molar-refractivity contribution in [1.82, 2.24) is 4.98 Å². The molecular formula is C14H14Br2N4O. The van der Waals surface area contributed by atoms with Crippen LogP contribution in [0.5, 0.6) is 0 Å². The number of amides is 1. The Bertz CT molecular complexity index is 676. The van der Waals surface area contributed by atoms with E-state index in [2.05, 4.69) is 47.6 Å². The first-order valence-electron chi connectivity index (χ1n) is 6.27. The number of pyridine rings is 1. The number of halogens is 2. The van der Waals surface area contributed by atoms with E-state index in [1.54, 1.807) is 12.3 Å². The average molecular weight is 414 g/mol. The molecule has 0 radical (unpaired) electrons. The van der Waals surface area contributed by atoms with Crippen molar-refractivity contribution in [2.45, 2.75) is 13.3 Å². The maximum Gasteiger partial charge on any atom is 0.259 e. The fourth-order valence-corrected chi connectivity index (χ4v) is 2.63. The molecule has 0 bridgehead atoms. The minimum absolute atomic E-state index is 0.270. The topological polar surface area (TPSA) is 80.0 Å². The first-order chi connectivity index (χ1) is 10.0. The maximum absolute atomic E-state index is 12.4. The summed E-state index contributed by atoms with van der Waals surface area (Å²) in [5, 5.41) is 2.89. The second-order valence-corrected chi connectivity index (χ2v) is 6.13. The first kappa shape index (κ1) is 15.9. The third-order valence-electron chi connectivity index (χ3n) is 2.93. The van der Waals surface area contributed by atoms with Crippen molar-refractivity contribution in [2.75, 3.05) is 10.7 Å². The molecule has 1 heterocycles. The van der Waals surface area contributed by atoms with E-state index in [1.807, 2.05) is 25.1 Å². The number of hydrogen-bond donors (Lipinski definition) is 3. The number of hydrogen-bond acceptors (Lipinski definition) is 4. The van der Waals surface area contributed by atoms with Gasteiger partial charge in [-0.25, -0.2) is 10.8 Å².